The van der Waals surface area contributed by atoms with Crippen LogP contribution in [-0.4, -0.2) is 63.3 Å². The summed E-state index contributed by atoms with van der Waals surface area (Å²) in [7, 11) is -4.81. The van der Waals surface area contributed by atoms with Gasteiger partial charge in [-0.3, -0.25) is 24.2 Å². The number of phosphoric ester groups is 1. The molecule has 0 unspecified atom stereocenters. The summed E-state index contributed by atoms with van der Waals surface area (Å²) >= 11 is 1.49. The molecule has 0 aromatic heterocycles. The minimum Gasteiger partial charge on any atom is -0.402 e. The summed E-state index contributed by atoms with van der Waals surface area (Å²) in [5.74, 6) is -0.439. The Labute approximate surface area is 268 Å². The Bertz CT molecular complexity index is 1460. The molecule has 5 rings (SSSR count). The molecule has 0 radical (unpaired) electrons. The number of para-hydroxylation sites is 1. The van der Waals surface area contributed by atoms with Crippen molar-refractivity contribution in [3.8, 4) is 5.75 Å². The molecule has 0 bridgehead atoms. The highest BCUT2D eigenvalue weighted by atomic mass is 32.2. The van der Waals surface area contributed by atoms with E-state index in [4.69, 9.17) is 10.3 Å². The van der Waals surface area contributed by atoms with Gasteiger partial charge >= 0.3 is 7.82 Å². The Morgan fingerprint density at radius 3 is 2.62 bits per heavy atom. The highest BCUT2D eigenvalue weighted by molar-refractivity contribution is 7.99. The Morgan fingerprint density at radius 1 is 1.16 bits per heavy atom. The second-order valence-electron chi connectivity index (χ2n) is 12.2. The predicted molar refractivity (Wildman–Crippen MR) is 174 cm³/mol. The molecule has 11 nitrogen and oxygen atoms in total. The van der Waals surface area contributed by atoms with Gasteiger partial charge in [0.15, 0.2) is 5.75 Å². The fourth-order valence-corrected chi connectivity index (χ4v) is 8.56. The van der Waals surface area contributed by atoms with E-state index >= 15 is 0 Å². The van der Waals surface area contributed by atoms with Gasteiger partial charge < -0.3 is 25.4 Å². The lowest BCUT2D eigenvalue weighted by atomic mass is 9.86. The second-order valence-corrected chi connectivity index (χ2v) is 14.4. The number of anilines is 2. The van der Waals surface area contributed by atoms with Crippen LogP contribution in [0.4, 0.5) is 11.4 Å². The van der Waals surface area contributed by atoms with Crippen LogP contribution >= 0.6 is 19.6 Å². The zero-order valence-electron chi connectivity index (χ0n) is 25.7. The molecule has 1 fully saturated rings. The zero-order chi connectivity index (χ0) is 32.1. The summed E-state index contributed by atoms with van der Waals surface area (Å²) in [6.07, 6.45) is 9.53. The van der Waals surface area contributed by atoms with Crippen molar-refractivity contribution in [2.45, 2.75) is 88.1 Å². The van der Waals surface area contributed by atoms with Crippen molar-refractivity contribution in [2.75, 3.05) is 29.1 Å². The zero-order valence-corrected chi connectivity index (χ0v) is 27.4. The quantitative estimate of drug-likeness (QED) is 0.252. The van der Waals surface area contributed by atoms with Gasteiger partial charge in [0.1, 0.15) is 12.1 Å². The van der Waals surface area contributed by atoms with Crippen molar-refractivity contribution in [1.82, 2.24) is 4.90 Å². The molecule has 3 aliphatic rings. The van der Waals surface area contributed by atoms with Crippen LogP contribution in [0.15, 0.2) is 41.3 Å². The average Bonchev–Trinajstić information content (AvgIpc) is 3.14. The number of carbonyl (C=O) groups excluding carboxylic acids is 3. The van der Waals surface area contributed by atoms with Gasteiger partial charge in [-0.05, 0) is 60.9 Å². The highest BCUT2D eigenvalue weighted by Gasteiger charge is 2.41. The lowest BCUT2D eigenvalue weighted by molar-refractivity contribution is -0.144. The molecule has 13 heteroatoms. The number of benzene rings is 2. The normalized spacial score (nSPS) is 19.5. The molecule has 2 heterocycles. The lowest BCUT2D eigenvalue weighted by Crippen LogP contribution is -2.59. The molecule has 0 spiro atoms. The molecule has 1 saturated carbocycles. The summed E-state index contributed by atoms with van der Waals surface area (Å²) in [6.45, 7) is 2.46. The Morgan fingerprint density at radius 2 is 1.91 bits per heavy atom. The van der Waals surface area contributed by atoms with Crippen molar-refractivity contribution in [1.29, 1.82) is 0 Å². The third kappa shape index (κ3) is 8.03. The second kappa shape index (κ2) is 14.6. The lowest BCUT2D eigenvalue weighted by Gasteiger charge is -2.37. The minimum absolute atomic E-state index is 0.0119. The molecular formula is C32H43N4O7PS. The van der Waals surface area contributed by atoms with Crippen molar-refractivity contribution >= 4 is 48.7 Å². The number of carbonyl (C=O) groups is 3. The van der Waals surface area contributed by atoms with Gasteiger partial charge in [0.25, 0.3) is 5.91 Å². The fourth-order valence-electron chi connectivity index (χ4n) is 7.01. The number of primary amides is 1. The number of nitrogens with one attached hydrogen (secondary N) is 1. The van der Waals surface area contributed by atoms with Crippen LogP contribution in [0.3, 0.4) is 0 Å². The first-order valence-electron chi connectivity index (χ1n) is 15.8. The monoisotopic (exact) mass is 658 g/mol. The first-order chi connectivity index (χ1) is 21.5. The number of hydrogen-bond donors (Lipinski definition) is 4. The molecule has 2 aromatic rings. The maximum absolute atomic E-state index is 14.4. The molecule has 2 atom stereocenters. The summed E-state index contributed by atoms with van der Waals surface area (Å²) < 4.78 is 16.5. The maximum atomic E-state index is 14.4. The molecule has 0 saturated heterocycles. The van der Waals surface area contributed by atoms with E-state index in [-0.39, 0.29) is 23.8 Å². The van der Waals surface area contributed by atoms with Crippen molar-refractivity contribution < 1.29 is 33.3 Å². The van der Waals surface area contributed by atoms with Crippen LogP contribution in [0, 0.1) is 5.92 Å². The molecule has 2 aromatic carbocycles. The van der Waals surface area contributed by atoms with E-state index in [1.54, 1.807) is 11.0 Å². The molecule has 1 aliphatic carbocycles. The Hall–Kier alpha value is -3.05. The predicted octanol–water partition coefficient (Wildman–Crippen LogP) is 4.63. The first-order valence-corrected chi connectivity index (χ1v) is 18.3. The van der Waals surface area contributed by atoms with Gasteiger partial charge in [-0.25, -0.2) is 4.57 Å². The minimum atomic E-state index is -4.81. The number of nitrogens with zero attached hydrogens (tertiary/aromatic N) is 2. The number of phosphoric acid groups is 1. The SMILES string of the molecule is CC(=O)N([C@@H](Cc1ccc(OP(=O)(O)O)c2c1CCCN2)C(N)=O)[C@H]1CSc2ccccc2N(CCCC2CCCCC2)C1=O. The number of nitrogens with two attached hydrogens (primary N) is 1. The molecule has 5 N–H and O–H groups in total. The largest absolute Gasteiger partial charge is 0.524 e. The average molecular weight is 659 g/mol. The summed E-state index contributed by atoms with van der Waals surface area (Å²) in [6, 6.07) is 8.80. The standard InChI is InChI=1S/C32H43N4O7PS/c1-21(37)36(26(31(33)38)19-23-15-16-28(43-44(40,41)42)30-24(23)12-7-17-34-30)27-20-45-29-14-6-5-13-25(29)35(32(27)39)18-8-11-22-9-3-2-4-10-22/h5-6,13-16,22,26-27,34H,2-4,7-12,17-20H2,1H3,(H2,33,38)(H2,40,41,42)/t26-,27-/m0/s1. The third-order valence-electron chi connectivity index (χ3n) is 9.09. The van der Waals surface area contributed by atoms with Crippen LogP contribution in [0.25, 0.3) is 0 Å². The number of thioether (sulfide) groups is 1. The molecule has 2 aliphatic heterocycles. The van der Waals surface area contributed by atoms with Gasteiger partial charge in [-0.2, -0.15) is 0 Å². The van der Waals surface area contributed by atoms with Gasteiger partial charge in [0, 0.05) is 37.1 Å². The third-order valence-corrected chi connectivity index (χ3v) is 10.7. The van der Waals surface area contributed by atoms with E-state index in [1.165, 1.54) is 61.8 Å². The smallest absolute Gasteiger partial charge is 0.402 e. The van der Waals surface area contributed by atoms with E-state index in [1.807, 2.05) is 24.3 Å². The van der Waals surface area contributed by atoms with Crippen molar-refractivity contribution in [2.24, 2.45) is 11.7 Å². The van der Waals surface area contributed by atoms with Crippen molar-refractivity contribution in [3.63, 3.8) is 0 Å². The van der Waals surface area contributed by atoms with E-state index in [9.17, 15) is 28.7 Å². The van der Waals surface area contributed by atoms with E-state index in [0.29, 0.717) is 36.7 Å². The summed E-state index contributed by atoms with van der Waals surface area (Å²) in [5, 5.41) is 3.16. The van der Waals surface area contributed by atoms with Crippen LogP contribution < -0.4 is 20.5 Å². The van der Waals surface area contributed by atoms with Crippen LogP contribution in [0.2, 0.25) is 0 Å². The Balaban J connectivity index is 1.44. The molecule has 3 amide bonds. The summed E-state index contributed by atoms with van der Waals surface area (Å²) in [4.78, 5) is 63.8. The van der Waals surface area contributed by atoms with E-state index in [2.05, 4.69) is 5.32 Å². The van der Waals surface area contributed by atoms with E-state index in [0.717, 1.165) is 35.4 Å². The number of rotatable bonds is 11. The van der Waals surface area contributed by atoms with Crippen LogP contribution in [0.1, 0.15) is 69.4 Å². The van der Waals surface area contributed by atoms with Crippen molar-refractivity contribution in [3.05, 3.63) is 47.5 Å². The first kappa shape index (κ1) is 33.3. The number of amides is 3. The highest BCUT2D eigenvalue weighted by Crippen LogP contribution is 2.44. The summed E-state index contributed by atoms with van der Waals surface area (Å²) in [5.41, 5.74) is 8.66. The maximum Gasteiger partial charge on any atom is 0.524 e. The van der Waals surface area contributed by atoms with Gasteiger partial charge in [0.05, 0.1) is 11.4 Å². The van der Waals surface area contributed by atoms with Gasteiger partial charge in [-0.15, -0.1) is 11.8 Å². The number of hydrogen-bond acceptors (Lipinski definition) is 7. The fraction of sp³-hybridized carbons (Fsp3) is 0.531. The van der Waals surface area contributed by atoms with Crippen LogP contribution in [0.5, 0.6) is 5.75 Å². The van der Waals surface area contributed by atoms with Gasteiger partial charge in [-0.1, -0.05) is 50.3 Å². The number of fused-ring (bicyclic) bond motifs is 2. The topological polar surface area (TPSA) is 162 Å². The molecular weight excluding hydrogens is 615 g/mol. The van der Waals surface area contributed by atoms with Crippen LogP contribution in [-0.2, 0) is 31.8 Å². The molecule has 244 valence electrons. The Kier molecular flexibility index (Phi) is 10.8. The van der Waals surface area contributed by atoms with E-state index < -0.39 is 31.7 Å². The molecule has 45 heavy (non-hydrogen) atoms. The van der Waals surface area contributed by atoms with Gasteiger partial charge in [0.2, 0.25) is 11.8 Å².